The predicted octanol–water partition coefficient (Wildman–Crippen LogP) is 2.16. The van der Waals surface area contributed by atoms with E-state index in [0.29, 0.717) is 0 Å². The fourth-order valence-electron chi connectivity index (χ4n) is 1.04. The van der Waals surface area contributed by atoms with E-state index >= 15 is 0 Å². The number of aromatic nitrogens is 1. The Kier molecular flexibility index (Phi) is 2.48. The van der Waals surface area contributed by atoms with E-state index in [0.717, 1.165) is 5.56 Å². The zero-order valence-corrected chi connectivity index (χ0v) is 7.78. The Hall–Kier alpha value is -0.890. The lowest BCUT2D eigenvalue weighted by atomic mass is 9.85. The van der Waals surface area contributed by atoms with Crippen LogP contribution in [-0.4, -0.2) is 10.1 Å². The van der Waals surface area contributed by atoms with Crippen LogP contribution in [0.15, 0.2) is 24.5 Å². The van der Waals surface area contributed by atoms with Crippen LogP contribution in [0.2, 0.25) is 0 Å². The molecule has 0 aliphatic rings. The Morgan fingerprint density at radius 2 is 2.08 bits per heavy atom. The number of nitrogens with zero attached hydrogens (tertiary/aromatic N) is 1. The van der Waals surface area contributed by atoms with Crippen LogP contribution in [0.25, 0.3) is 0 Å². The Bertz CT molecular complexity index is 238. The molecule has 1 rings (SSSR count). The van der Waals surface area contributed by atoms with E-state index in [4.69, 9.17) is 0 Å². The van der Waals surface area contributed by atoms with Gasteiger partial charge in [0.25, 0.3) is 0 Å². The van der Waals surface area contributed by atoms with Gasteiger partial charge in [-0.3, -0.25) is 4.98 Å². The van der Waals surface area contributed by atoms with Gasteiger partial charge in [0, 0.05) is 12.4 Å². The molecule has 0 amide bonds. The zero-order chi connectivity index (χ0) is 9.19. The van der Waals surface area contributed by atoms with E-state index in [2.05, 4.69) is 4.98 Å². The van der Waals surface area contributed by atoms with Gasteiger partial charge in [-0.1, -0.05) is 26.8 Å². The molecule has 0 saturated carbocycles. The first kappa shape index (κ1) is 9.20. The lowest BCUT2D eigenvalue weighted by molar-refractivity contribution is 0.0624. The maximum atomic E-state index is 9.82. The van der Waals surface area contributed by atoms with Crippen molar-refractivity contribution in [3.63, 3.8) is 0 Å². The SMILES string of the molecule is CC(C)(C)C(O)c1cccnc1. The van der Waals surface area contributed by atoms with Crippen LogP contribution in [-0.2, 0) is 0 Å². The molecule has 0 spiro atoms. The molecule has 12 heavy (non-hydrogen) atoms. The minimum atomic E-state index is -0.439. The first-order valence-corrected chi connectivity index (χ1v) is 4.10. The fraction of sp³-hybridized carbons (Fsp3) is 0.500. The molecule has 0 bridgehead atoms. The van der Waals surface area contributed by atoms with Gasteiger partial charge in [0.15, 0.2) is 0 Å². The van der Waals surface area contributed by atoms with E-state index in [1.54, 1.807) is 12.4 Å². The average molecular weight is 165 g/mol. The molecule has 0 saturated heterocycles. The van der Waals surface area contributed by atoms with E-state index in [1.165, 1.54) is 0 Å². The van der Waals surface area contributed by atoms with E-state index < -0.39 is 6.10 Å². The van der Waals surface area contributed by atoms with Crippen molar-refractivity contribution in [2.45, 2.75) is 26.9 Å². The van der Waals surface area contributed by atoms with Gasteiger partial charge in [0.05, 0.1) is 6.10 Å². The summed E-state index contributed by atoms with van der Waals surface area (Å²) in [4.78, 5) is 3.96. The Balaban J connectivity index is 2.86. The van der Waals surface area contributed by atoms with Crippen LogP contribution >= 0.6 is 0 Å². The van der Waals surface area contributed by atoms with Gasteiger partial charge in [-0.15, -0.1) is 0 Å². The molecule has 0 aliphatic carbocycles. The fourth-order valence-corrected chi connectivity index (χ4v) is 1.04. The number of hydrogen-bond acceptors (Lipinski definition) is 2. The van der Waals surface area contributed by atoms with Crippen LogP contribution < -0.4 is 0 Å². The largest absolute Gasteiger partial charge is 0.388 e. The van der Waals surface area contributed by atoms with Gasteiger partial charge >= 0.3 is 0 Å². The normalized spacial score (nSPS) is 14.3. The van der Waals surface area contributed by atoms with Gasteiger partial charge < -0.3 is 5.11 Å². The summed E-state index contributed by atoms with van der Waals surface area (Å²) in [7, 11) is 0. The molecule has 2 heteroatoms. The summed E-state index contributed by atoms with van der Waals surface area (Å²) in [5.41, 5.74) is 0.758. The number of rotatable bonds is 1. The lowest BCUT2D eigenvalue weighted by Gasteiger charge is -2.25. The highest BCUT2D eigenvalue weighted by atomic mass is 16.3. The molecule has 1 unspecified atom stereocenters. The number of aliphatic hydroxyl groups is 1. The third-order valence-electron chi connectivity index (χ3n) is 1.82. The smallest absolute Gasteiger partial charge is 0.0853 e. The maximum Gasteiger partial charge on any atom is 0.0853 e. The van der Waals surface area contributed by atoms with Crippen molar-refractivity contribution in [1.29, 1.82) is 0 Å². The van der Waals surface area contributed by atoms with Crippen LogP contribution in [0.5, 0.6) is 0 Å². The summed E-state index contributed by atoms with van der Waals surface area (Å²) in [5, 5.41) is 9.82. The number of hydrogen-bond donors (Lipinski definition) is 1. The van der Waals surface area contributed by atoms with Gasteiger partial charge in [-0.05, 0) is 17.0 Å². The number of pyridine rings is 1. The second-order valence-corrected chi connectivity index (χ2v) is 4.05. The van der Waals surface area contributed by atoms with Crippen molar-refractivity contribution in [1.82, 2.24) is 4.98 Å². The molecule has 1 aromatic heterocycles. The second kappa shape index (κ2) is 3.23. The average Bonchev–Trinajstić information content (AvgIpc) is 2.03. The second-order valence-electron chi connectivity index (χ2n) is 4.05. The van der Waals surface area contributed by atoms with E-state index in [-0.39, 0.29) is 5.41 Å². The van der Waals surface area contributed by atoms with Crippen molar-refractivity contribution < 1.29 is 5.11 Å². The monoisotopic (exact) mass is 165 g/mol. The van der Waals surface area contributed by atoms with Crippen molar-refractivity contribution in [3.8, 4) is 0 Å². The molecule has 0 aromatic carbocycles. The molecule has 1 aromatic rings. The topological polar surface area (TPSA) is 33.1 Å². The van der Waals surface area contributed by atoms with Crippen molar-refractivity contribution in [2.24, 2.45) is 5.41 Å². The third kappa shape index (κ3) is 2.05. The lowest BCUT2D eigenvalue weighted by Crippen LogP contribution is -2.17. The van der Waals surface area contributed by atoms with Gasteiger partial charge in [0.1, 0.15) is 0 Å². The quantitative estimate of drug-likeness (QED) is 0.691. The van der Waals surface area contributed by atoms with Crippen molar-refractivity contribution in [2.75, 3.05) is 0 Å². The molecule has 66 valence electrons. The predicted molar refractivity (Wildman–Crippen MR) is 48.7 cm³/mol. The zero-order valence-electron chi connectivity index (χ0n) is 7.78. The highest BCUT2D eigenvalue weighted by Crippen LogP contribution is 2.31. The summed E-state index contributed by atoms with van der Waals surface area (Å²) < 4.78 is 0. The highest BCUT2D eigenvalue weighted by molar-refractivity contribution is 5.13. The van der Waals surface area contributed by atoms with Crippen LogP contribution in [0.3, 0.4) is 0 Å². The summed E-state index contributed by atoms with van der Waals surface area (Å²) in [6, 6.07) is 3.73. The molecule has 1 heterocycles. The van der Waals surface area contributed by atoms with E-state index in [9.17, 15) is 5.11 Å². The van der Waals surface area contributed by atoms with Crippen LogP contribution in [0.1, 0.15) is 32.4 Å². The first-order chi connectivity index (χ1) is 5.52. The highest BCUT2D eigenvalue weighted by Gasteiger charge is 2.23. The molecule has 0 radical (unpaired) electrons. The van der Waals surface area contributed by atoms with E-state index in [1.807, 2.05) is 32.9 Å². The van der Waals surface area contributed by atoms with Gasteiger partial charge in [-0.25, -0.2) is 0 Å². The molecule has 1 N–H and O–H groups in total. The van der Waals surface area contributed by atoms with Crippen molar-refractivity contribution in [3.05, 3.63) is 30.1 Å². The van der Waals surface area contributed by atoms with Crippen LogP contribution in [0, 0.1) is 5.41 Å². The summed E-state index contributed by atoms with van der Waals surface area (Å²) in [5.74, 6) is 0. The summed E-state index contributed by atoms with van der Waals surface area (Å²) in [6.45, 7) is 6.01. The first-order valence-electron chi connectivity index (χ1n) is 4.10. The summed E-state index contributed by atoms with van der Waals surface area (Å²) in [6.07, 6.45) is 2.97. The Labute approximate surface area is 73.3 Å². The maximum absolute atomic E-state index is 9.82. The van der Waals surface area contributed by atoms with Gasteiger partial charge in [0.2, 0.25) is 0 Å². The van der Waals surface area contributed by atoms with Crippen LogP contribution in [0.4, 0.5) is 0 Å². The third-order valence-corrected chi connectivity index (χ3v) is 1.82. The molecule has 0 fully saturated rings. The Morgan fingerprint density at radius 3 is 2.50 bits per heavy atom. The minimum absolute atomic E-state index is 0.122. The Morgan fingerprint density at radius 1 is 1.42 bits per heavy atom. The van der Waals surface area contributed by atoms with Crippen molar-refractivity contribution >= 4 is 0 Å². The molecule has 0 aliphatic heterocycles. The number of aliphatic hydroxyl groups excluding tert-OH is 1. The molecule has 1 atom stereocenters. The summed E-state index contributed by atoms with van der Waals surface area (Å²) >= 11 is 0. The molecule has 2 nitrogen and oxygen atoms in total. The molecular formula is C10H15NO. The minimum Gasteiger partial charge on any atom is -0.388 e. The van der Waals surface area contributed by atoms with Gasteiger partial charge in [-0.2, -0.15) is 0 Å². The standard InChI is InChI=1S/C10H15NO/c1-10(2,3)9(12)8-5-4-6-11-7-8/h4-7,9,12H,1-3H3. The molecular weight excluding hydrogens is 150 g/mol.